The first-order valence-electron chi connectivity index (χ1n) is 13.8. The molecule has 0 bridgehead atoms. The normalized spacial score (nSPS) is 19.1. The van der Waals surface area contributed by atoms with E-state index in [1.807, 2.05) is 30.3 Å². The van der Waals surface area contributed by atoms with E-state index in [-0.39, 0.29) is 30.3 Å². The van der Waals surface area contributed by atoms with Crippen molar-refractivity contribution >= 4 is 5.97 Å². The number of aliphatic carboxylic acids is 1. The van der Waals surface area contributed by atoms with Gasteiger partial charge in [0.15, 0.2) is 0 Å². The van der Waals surface area contributed by atoms with E-state index in [0.29, 0.717) is 34.1 Å². The van der Waals surface area contributed by atoms with E-state index >= 15 is 8.78 Å². The van der Waals surface area contributed by atoms with Crippen molar-refractivity contribution in [1.82, 2.24) is 0 Å². The molecule has 0 spiro atoms. The third-order valence-electron chi connectivity index (χ3n) is 8.58. The predicted molar refractivity (Wildman–Crippen MR) is 147 cm³/mol. The van der Waals surface area contributed by atoms with E-state index < -0.39 is 17.6 Å². The molecule has 0 amide bonds. The standard InChI is InChI=1S/C33H36F2O4/c1-33(2)13-5-8-29(33)27-15-22(31(35)17-26(27)28-16-23(38-3)11-12-30(28)34)19-39-24-7-4-6-21(14-24)25(18-32(36)37)20-9-10-20/h4,6-7,11-12,14-17,20,25,29H,5,8-10,13,18-19H2,1-3H3,(H,36,37)/t25-,29-/m1/s1. The van der Waals surface area contributed by atoms with Crippen molar-refractivity contribution in [3.05, 3.63) is 82.9 Å². The number of carbonyl (C=O) groups is 1. The van der Waals surface area contributed by atoms with Gasteiger partial charge in [0.2, 0.25) is 0 Å². The second kappa shape index (κ2) is 11.0. The Balaban J connectivity index is 1.47. The van der Waals surface area contributed by atoms with Crippen molar-refractivity contribution in [2.75, 3.05) is 7.11 Å². The highest BCUT2D eigenvalue weighted by molar-refractivity contribution is 5.71. The summed E-state index contributed by atoms with van der Waals surface area (Å²) < 4.78 is 42.0. The van der Waals surface area contributed by atoms with Crippen LogP contribution in [0, 0.1) is 23.0 Å². The minimum atomic E-state index is -0.810. The maximum Gasteiger partial charge on any atom is 0.303 e. The van der Waals surface area contributed by atoms with E-state index in [1.165, 1.54) is 19.2 Å². The average molecular weight is 535 g/mol. The molecule has 2 saturated carbocycles. The number of hydrogen-bond donors (Lipinski definition) is 1. The molecule has 0 unspecified atom stereocenters. The first kappa shape index (κ1) is 27.2. The van der Waals surface area contributed by atoms with Crippen LogP contribution in [-0.2, 0) is 11.4 Å². The molecular formula is C33H36F2O4. The minimum absolute atomic E-state index is 0.00363. The van der Waals surface area contributed by atoms with Crippen LogP contribution in [0.25, 0.3) is 11.1 Å². The summed E-state index contributed by atoms with van der Waals surface area (Å²) in [5.41, 5.74) is 3.15. The zero-order chi connectivity index (χ0) is 27.7. The van der Waals surface area contributed by atoms with E-state index in [1.54, 1.807) is 12.1 Å². The maximum atomic E-state index is 15.6. The zero-order valence-corrected chi connectivity index (χ0v) is 22.8. The molecule has 0 aliphatic heterocycles. The molecule has 1 N–H and O–H groups in total. The molecule has 3 aromatic rings. The Morgan fingerprint density at radius 1 is 1.00 bits per heavy atom. The third kappa shape index (κ3) is 5.95. The van der Waals surface area contributed by atoms with Crippen molar-refractivity contribution in [1.29, 1.82) is 0 Å². The maximum absolute atomic E-state index is 15.6. The number of ether oxygens (including phenoxy) is 2. The molecule has 4 nitrogen and oxygen atoms in total. The molecule has 2 aliphatic rings. The number of carboxylic acid groups (broad SMARTS) is 1. The summed E-state index contributed by atoms with van der Waals surface area (Å²) in [6.45, 7) is 4.45. The van der Waals surface area contributed by atoms with Crippen LogP contribution in [0.2, 0.25) is 0 Å². The van der Waals surface area contributed by atoms with Crippen molar-refractivity contribution in [2.45, 2.75) is 70.8 Å². The van der Waals surface area contributed by atoms with Gasteiger partial charge in [-0.1, -0.05) is 32.4 Å². The molecule has 39 heavy (non-hydrogen) atoms. The largest absolute Gasteiger partial charge is 0.497 e. The fourth-order valence-electron chi connectivity index (χ4n) is 6.25. The molecule has 5 rings (SSSR count). The van der Waals surface area contributed by atoms with Gasteiger partial charge in [-0.3, -0.25) is 4.79 Å². The summed E-state index contributed by atoms with van der Waals surface area (Å²) in [6.07, 6.45) is 5.22. The van der Waals surface area contributed by atoms with Gasteiger partial charge in [-0.2, -0.15) is 0 Å². The summed E-state index contributed by atoms with van der Waals surface area (Å²) >= 11 is 0. The smallest absolute Gasteiger partial charge is 0.303 e. The van der Waals surface area contributed by atoms with Gasteiger partial charge in [-0.25, -0.2) is 8.78 Å². The second-order valence-corrected chi connectivity index (χ2v) is 11.7. The first-order valence-corrected chi connectivity index (χ1v) is 13.8. The summed E-state index contributed by atoms with van der Waals surface area (Å²) in [5.74, 6) is -0.0981. The van der Waals surface area contributed by atoms with Crippen molar-refractivity contribution in [3.63, 3.8) is 0 Å². The highest BCUT2D eigenvalue weighted by Crippen LogP contribution is 2.52. The van der Waals surface area contributed by atoms with Crippen molar-refractivity contribution < 1.29 is 28.2 Å². The molecular weight excluding hydrogens is 498 g/mol. The van der Waals surface area contributed by atoms with E-state index in [4.69, 9.17) is 9.47 Å². The molecule has 0 heterocycles. The summed E-state index contributed by atoms with van der Waals surface area (Å²) in [5, 5.41) is 9.37. The molecule has 0 aromatic heterocycles. The third-order valence-corrected chi connectivity index (χ3v) is 8.58. The quantitative estimate of drug-likeness (QED) is 0.283. The van der Waals surface area contributed by atoms with Crippen LogP contribution >= 0.6 is 0 Å². The van der Waals surface area contributed by atoms with Crippen molar-refractivity contribution in [2.24, 2.45) is 11.3 Å². The van der Waals surface area contributed by atoms with Gasteiger partial charge < -0.3 is 14.6 Å². The van der Waals surface area contributed by atoms with Crippen LogP contribution in [0.15, 0.2) is 54.6 Å². The molecule has 206 valence electrons. The van der Waals surface area contributed by atoms with E-state index in [9.17, 15) is 9.90 Å². The number of methoxy groups -OCH3 is 1. The highest BCUT2D eigenvalue weighted by atomic mass is 19.1. The Kier molecular flexibility index (Phi) is 7.66. The summed E-state index contributed by atoms with van der Waals surface area (Å²) in [6, 6.07) is 15.3. The fraction of sp³-hybridized carbons (Fsp3) is 0.424. The van der Waals surface area contributed by atoms with Gasteiger partial charge in [0, 0.05) is 11.1 Å². The van der Waals surface area contributed by atoms with Crippen LogP contribution in [0.3, 0.4) is 0 Å². The van der Waals surface area contributed by atoms with Crippen molar-refractivity contribution in [3.8, 4) is 22.6 Å². The number of rotatable bonds is 10. The lowest BCUT2D eigenvalue weighted by Crippen LogP contribution is -2.17. The van der Waals surface area contributed by atoms with Gasteiger partial charge >= 0.3 is 5.97 Å². The monoisotopic (exact) mass is 534 g/mol. The topological polar surface area (TPSA) is 55.8 Å². The number of benzene rings is 3. The number of halogens is 2. The molecule has 3 aromatic carbocycles. The molecule has 0 radical (unpaired) electrons. The lowest BCUT2D eigenvalue weighted by atomic mass is 9.75. The number of hydrogen-bond acceptors (Lipinski definition) is 3. The van der Waals surface area contributed by atoms with Gasteiger partial charge in [0.1, 0.15) is 29.7 Å². The Bertz CT molecular complexity index is 1360. The Morgan fingerprint density at radius 2 is 1.79 bits per heavy atom. The van der Waals surface area contributed by atoms with Crippen LogP contribution in [0.4, 0.5) is 8.78 Å². The van der Waals surface area contributed by atoms with Gasteiger partial charge in [0.25, 0.3) is 0 Å². The Hall–Kier alpha value is -3.41. The average Bonchev–Trinajstić information content (AvgIpc) is 3.69. The lowest BCUT2D eigenvalue weighted by molar-refractivity contribution is -0.137. The molecule has 2 aliphatic carbocycles. The summed E-state index contributed by atoms with van der Waals surface area (Å²) in [4.78, 5) is 11.4. The Morgan fingerprint density at radius 3 is 2.46 bits per heavy atom. The van der Waals surface area contributed by atoms with E-state index in [2.05, 4.69) is 13.8 Å². The van der Waals surface area contributed by atoms with Crippen LogP contribution in [0.5, 0.6) is 11.5 Å². The van der Waals surface area contributed by atoms with Crippen LogP contribution in [0.1, 0.15) is 80.9 Å². The SMILES string of the molecule is COc1ccc(F)c(-c2cc(F)c(COc3cccc([C@H](CC(=O)O)C4CC4)c3)cc2[C@H]2CCCC2(C)C)c1. The van der Waals surface area contributed by atoms with Crippen LogP contribution < -0.4 is 9.47 Å². The Labute approximate surface area is 229 Å². The lowest BCUT2D eigenvalue weighted by Gasteiger charge is -2.30. The van der Waals surface area contributed by atoms with Gasteiger partial charge in [0.05, 0.1) is 13.5 Å². The van der Waals surface area contributed by atoms with Crippen LogP contribution in [-0.4, -0.2) is 18.2 Å². The molecule has 2 atom stereocenters. The fourth-order valence-corrected chi connectivity index (χ4v) is 6.25. The minimum Gasteiger partial charge on any atom is -0.497 e. The van der Waals surface area contributed by atoms with Gasteiger partial charge in [-0.15, -0.1) is 0 Å². The first-order chi connectivity index (χ1) is 18.7. The predicted octanol–water partition coefficient (Wildman–Crippen LogP) is 8.48. The second-order valence-electron chi connectivity index (χ2n) is 11.7. The van der Waals surface area contributed by atoms with Gasteiger partial charge in [-0.05, 0) is 108 Å². The molecule has 0 saturated heterocycles. The summed E-state index contributed by atoms with van der Waals surface area (Å²) in [7, 11) is 1.53. The zero-order valence-electron chi connectivity index (χ0n) is 22.8. The van der Waals surface area contributed by atoms with E-state index in [0.717, 1.165) is 43.2 Å². The molecule has 2 fully saturated rings. The number of carboxylic acids is 1. The highest BCUT2D eigenvalue weighted by Gasteiger charge is 2.38. The molecule has 6 heteroatoms.